The summed E-state index contributed by atoms with van der Waals surface area (Å²) in [4.78, 5) is 27.0. The molecule has 3 aromatic carbocycles. The SMILES string of the molecule is CC1(C)Oc2ccc(Cl)cc2N(CCC(=O)Nc2ccc(Nc3ccccc3)cc2)C1=O. The van der Waals surface area contributed by atoms with E-state index in [1.807, 2.05) is 54.6 Å². The van der Waals surface area contributed by atoms with Gasteiger partial charge in [0.25, 0.3) is 5.91 Å². The first-order chi connectivity index (χ1) is 15.3. The van der Waals surface area contributed by atoms with Gasteiger partial charge in [-0.25, -0.2) is 0 Å². The summed E-state index contributed by atoms with van der Waals surface area (Å²) in [7, 11) is 0. The number of halogens is 1. The van der Waals surface area contributed by atoms with E-state index in [1.54, 1.807) is 36.9 Å². The van der Waals surface area contributed by atoms with Crippen molar-refractivity contribution in [1.29, 1.82) is 0 Å². The second-order valence-corrected chi connectivity index (χ2v) is 8.48. The molecule has 0 aromatic heterocycles. The van der Waals surface area contributed by atoms with E-state index in [1.165, 1.54) is 0 Å². The molecule has 164 valence electrons. The molecule has 0 atom stereocenters. The van der Waals surface area contributed by atoms with Crippen LogP contribution in [0.4, 0.5) is 22.7 Å². The summed E-state index contributed by atoms with van der Waals surface area (Å²) in [6, 6.07) is 22.4. The number of anilines is 4. The number of hydrogen-bond donors (Lipinski definition) is 2. The van der Waals surface area contributed by atoms with Gasteiger partial charge in [0.15, 0.2) is 5.60 Å². The number of nitrogens with one attached hydrogen (secondary N) is 2. The van der Waals surface area contributed by atoms with Crippen molar-refractivity contribution in [2.24, 2.45) is 0 Å². The lowest BCUT2D eigenvalue weighted by atomic mass is 10.0. The maximum atomic E-state index is 12.9. The third-order valence-electron chi connectivity index (χ3n) is 5.13. The number of carbonyl (C=O) groups excluding carboxylic acids is 2. The molecule has 1 heterocycles. The second-order valence-electron chi connectivity index (χ2n) is 8.05. The molecule has 7 heteroatoms. The predicted molar refractivity (Wildman–Crippen MR) is 128 cm³/mol. The van der Waals surface area contributed by atoms with Gasteiger partial charge in [-0.05, 0) is 68.4 Å². The molecule has 0 bridgehead atoms. The Balaban J connectivity index is 1.38. The van der Waals surface area contributed by atoms with Crippen molar-refractivity contribution in [3.8, 4) is 5.75 Å². The molecule has 0 saturated heterocycles. The van der Waals surface area contributed by atoms with E-state index in [4.69, 9.17) is 16.3 Å². The third kappa shape index (κ3) is 4.86. The Morgan fingerprint density at radius 3 is 2.34 bits per heavy atom. The van der Waals surface area contributed by atoms with Crippen LogP contribution in [0.2, 0.25) is 5.02 Å². The van der Waals surface area contributed by atoms with Crippen LogP contribution in [0.25, 0.3) is 0 Å². The molecule has 0 saturated carbocycles. The highest BCUT2D eigenvalue weighted by molar-refractivity contribution is 6.31. The summed E-state index contributed by atoms with van der Waals surface area (Å²) in [6.07, 6.45) is 0.137. The molecule has 3 aromatic rings. The lowest BCUT2D eigenvalue weighted by Crippen LogP contribution is -2.53. The van der Waals surface area contributed by atoms with Crippen molar-refractivity contribution in [3.05, 3.63) is 77.8 Å². The molecule has 0 spiro atoms. The van der Waals surface area contributed by atoms with Crippen LogP contribution in [0.15, 0.2) is 72.8 Å². The molecule has 0 unspecified atom stereocenters. The van der Waals surface area contributed by atoms with Gasteiger partial charge in [-0.1, -0.05) is 29.8 Å². The fourth-order valence-electron chi connectivity index (χ4n) is 3.52. The maximum absolute atomic E-state index is 12.9. The minimum absolute atomic E-state index is 0.137. The summed E-state index contributed by atoms with van der Waals surface area (Å²) >= 11 is 6.12. The van der Waals surface area contributed by atoms with Gasteiger partial charge >= 0.3 is 0 Å². The van der Waals surface area contributed by atoms with Crippen LogP contribution in [-0.2, 0) is 9.59 Å². The second kappa shape index (κ2) is 8.93. The molecule has 2 N–H and O–H groups in total. The van der Waals surface area contributed by atoms with Gasteiger partial charge < -0.3 is 20.3 Å². The number of nitrogens with zero attached hydrogens (tertiary/aromatic N) is 1. The van der Waals surface area contributed by atoms with E-state index < -0.39 is 5.60 Å². The Bertz CT molecular complexity index is 1130. The normalized spacial score (nSPS) is 14.3. The fourth-order valence-corrected chi connectivity index (χ4v) is 3.69. The number of fused-ring (bicyclic) bond motifs is 1. The molecule has 1 aliphatic heterocycles. The first-order valence-electron chi connectivity index (χ1n) is 10.3. The predicted octanol–water partition coefficient (Wildman–Crippen LogP) is 5.62. The van der Waals surface area contributed by atoms with E-state index in [0.717, 1.165) is 11.4 Å². The Morgan fingerprint density at radius 2 is 1.62 bits per heavy atom. The Morgan fingerprint density at radius 1 is 0.969 bits per heavy atom. The average Bonchev–Trinajstić information content (AvgIpc) is 2.77. The summed E-state index contributed by atoms with van der Waals surface area (Å²) < 4.78 is 5.82. The third-order valence-corrected chi connectivity index (χ3v) is 5.37. The molecule has 2 amide bonds. The molecule has 0 aliphatic carbocycles. The van der Waals surface area contributed by atoms with Crippen molar-refractivity contribution in [1.82, 2.24) is 0 Å². The zero-order valence-electron chi connectivity index (χ0n) is 17.9. The minimum atomic E-state index is -1.01. The van der Waals surface area contributed by atoms with Gasteiger partial charge in [0.2, 0.25) is 5.91 Å². The number of benzene rings is 3. The number of carbonyl (C=O) groups is 2. The molecular weight excluding hydrogens is 426 g/mol. The van der Waals surface area contributed by atoms with E-state index in [9.17, 15) is 9.59 Å². The van der Waals surface area contributed by atoms with Crippen LogP contribution < -0.4 is 20.3 Å². The zero-order valence-corrected chi connectivity index (χ0v) is 18.6. The highest BCUT2D eigenvalue weighted by Crippen LogP contribution is 2.39. The first kappa shape index (κ1) is 21.7. The fraction of sp³-hybridized carbons (Fsp3) is 0.200. The van der Waals surface area contributed by atoms with E-state index in [0.29, 0.717) is 22.1 Å². The molecule has 6 nitrogen and oxygen atoms in total. The van der Waals surface area contributed by atoms with Gasteiger partial charge in [0.1, 0.15) is 5.75 Å². The van der Waals surface area contributed by atoms with Crippen molar-refractivity contribution in [2.45, 2.75) is 25.9 Å². The van der Waals surface area contributed by atoms with E-state index in [2.05, 4.69) is 10.6 Å². The molecule has 1 aliphatic rings. The highest BCUT2D eigenvalue weighted by Gasteiger charge is 2.40. The topological polar surface area (TPSA) is 70.7 Å². The van der Waals surface area contributed by atoms with E-state index in [-0.39, 0.29) is 24.8 Å². The van der Waals surface area contributed by atoms with E-state index >= 15 is 0 Å². The smallest absolute Gasteiger partial charge is 0.270 e. The van der Waals surface area contributed by atoms with Crippen molar-refractivity contribution in [3.63, 3.8) is 0 Å². The molecule has 0 radical (unpaired) electrons. The van der Waals surface area contributed by atoms with Gasteiger partial charge in [-0.3, -0.25) is 9.59 Å². The first-order valence-corrected chi connectivity index (χ1v) is 10.7. The molecule has 4 rings (SSSR count). The van der Waals surface area contributed by atoms with Crippen LogP contribution in [0.3, 0.4) is 0 Å². The van der Waals surface area contributed by atoms with Crippen LogP contribution in [0, 0.1) is 0 Å². The molecule has 32 heavy (non-hydrogen) atoms. The Kier molecular flexibility index (Phi) is 6.06. The zero-order chi connectivity index (χ0) is 22.7. The number of amides is 2. The van der Waals surface area contributed by atoms with Crippen molar-refractivity contribution in [2.75, 3.05) is 22.1 Å². The maximum Gasteiger partial charge on any atom is 0.270 e. The van der Waals surface area contributed by atoms with Crippen LogP contribution >= 0.6 is 11.6 Å². The van der Waals surface area contributed by atoms with Crippen LogP contribution in [0.1, 0.15) is 20.3 Å². The Hall–Kier alpha value is -3.51. The summed E-state index contributed by atoms with van der Waals surface area (Å²) in [5.41, 5.74) is 2.15. The van der Waals surface area contributed by atoms with Crippen molar-refractivity contribution >= 4 is 46.2 Å². The summed E-state index contributed by atoms with van der Waals surface area (Å²) in [5, 5.41) is 6.68. The minimum Gasteiger partial charge on any atom is -0.476 e. The van der Waals surface area contributed by atoms with Gasteiger partial charge in [0.05, 0.1) is 5.69 Å². The van der Waals surface area contributed by atoms with Gasteiger partial charge in [-0.2, -0.15) is 0 Å². The average molecular weight is 450 g/mol. The summed E-state index contributed by atoms with van der Waals surface area (Å²) in [6.45, 7) is 3.65. The molecular formula is C25H24ClN3O3. The Labute approximate surface area is 192 Å². The monoisotopic (exact) mass is 449 g/mol. The molecule has 0 fully saturated rings. The number of ether oxygens (including phenoxy) is 1. The van der Waals surface area contributed by atoms with Crippen LogP contribution in [-0.4, -0.2) is 24.0 Å². The number of para-hydroxylation sites is 1. The van der Waals surface area contributed by atoms with Crippen LogP contribution in [0.5, 0.6) is 5.75 Å². The largest absolute Gasteiger partial charge is 0.476 e. The highest BCUT2D eigenvalue weighted by atomic mass is 35.5. The van der Waals surface area contributed by atoms with Gasteiger partial charge in [0, 0.05) is 35.1 Å². The quantitative estimate of drug-likeness (QED) is 0.512. The number of rotatable bonds is 6. The standard InChI is InChI=1S/C25H24ClN3O3/c1-25(2)24(31)29(21-16-17(26)8-13-22(21)32-25)15-14-23(30)28-20-11-9-19(10-12-20)27-18-6-4-3-5-7-18/h3-13,16,27H,14-15H2,1-2H3,(H,28,30). The lowest BCUT2D eigenvalue weighted by molar-refractivity contribution is -0.132. The van der Waals surface area contributed by atoms with Crippen molar-refractivity contribution < 1.29 is 14.3 Å². The number of hydrogen-bond acceptors (Lipinski definition) is 4. The lowest BCUT2D eigenvalue weighted by Gasteiger charge is -2.38. The van der Waals surface area contributed by atoms with Gasteiger partial charge in [-0.15, -0.1) is 0 Å². The summed E-state index contributed by atoms with van der Waals surface area (Å²) in [5.74, 6) is 0.173.